The third kappa shape index (κ3) is 10.7. The highest BCUT2D eigenvalue weighted by Gasteiger charge is 2.00. The summed E-state index contributed by atoms with van der Waals surface area (Å²) >= 11 is 0. The van der Waals surface area contributed by atoms with Crippen LogP contribution in [0.4, 0.5) is 0 Å². The molecule has 1 heterocycles. The Balaban J connectivity index is 0.000000494. The second-order valence-electron chi connectivity index (χ2n) is 2.97. The van der Waals surface area contributed by atoms with Crippen molar-refractivity contribution < 1.29 is 19.2 Å². The summed E-state index contributed by atoms with van der Waals surface area (Å²) in [6.45, 7) is 1.81. The van der Waals surface area contributed by atoms with E-state index in [1.807, 2.05) is 19.1 Å². The van der Waals surface area contributed by atoms with Gasteiger partial charge >= 0.3 is 7.82 Å². The van der Waals surface area contributed by atoms with Crippen LogP contribution in [0.5, 0.6) is 0 Å². The lowest BCUT2D eigenvalue weighted by Gasteiger charge is -1.95. The van der Waals surface area contributed by atoms with Crippen molar-refractivity contribution in [2.75, 3.05) is 0 Å². The molecular formula is C8H14N5O4P. The Morgan fingerprint density at radius 1 is 1.33 bits per heavy atom. The number of hydrogen-bond donors (Lipinski definition) is 5. The van der Waals surface area contributed by atoms with Gasteiger partial charge < -0.3 is 26.1 Å². The van der Waals surface area contributed by atoms with Crippen molar-refractivity contribution in [3.63, 3.8) is 0 Å². The maximum absolute atomic E-state index is 8.88. The van der Waals surface area contributed by atoms with Crippen molar-refractivity contribution >= 4 is 19.5 Å². The number of nitrogens with two attached hydrogens (primary N) is 2. The van der Waals surface area contributed by atoms with E-state index in [1.54, 1.807) is 12.4 Å². The van der Waals surface area contributed by atoms with Crippen molar-refractivity contribution in [2.45, 2.75) is 6.92 Å². The molecule has 0 unspecified atom stereocenters. The van der Waals surface area contributed by atoms with Crippen LogP contribution < -0.4 is 11.5 Å². The minimum Gasteiger partial charge on any atom is -0.369 e. The molecule has 0 aliphatic rings. The highest BCUT2D eigenvalue weighted by Crippen LogP contribution is 2.25. The average Bonchev–Trinajstić information content (AvgIpc) is 2.25. The van der Waals surface area contributed by atoms with Gasteiger partial charge in [0.2, 0.25) is 5.96 Å². The topological polar surface area (TPSA) is 167 Å². The van der Waals surface area contributed by atoms with Gasteiger partial charge in [-0.3, -0.25) is 4.98 Å². The Kier molecular flexibility index (Phi) is 6.76. The second-order valence-corrected chi connectivity index (χ2v) is 3.99. The molecule has 1 aromatic rings. The predicted octanol–water partition coefficient (Wildman–Crippen LogP) is -0.850. The molecule has 7 N–H and O–H groups in total. The summed E-state index contributed by atoms with van der Waals surface area (Å²) in [6, 6.07) is 3.71. The SMILES string of the molecule is C/C(=N\N=C(N)N)c1cccnc1.O=P(O)(O)O. The number of nitrogens with zero attached hydrogens (tertiary/aromatic N) is 3. The van der Waals surface area contributed by atoms with Crippen LogP contribution in [0.1, 0.15) is 12.5 Å². The zero-order valence-corrected chi connectivity index (χ0v) is 10.4. The molecule has 0 radical (unpaired) electrons. The van der Waals surface area contributed by atoms with Gasteiger partial charge in [0, 0.05) is 18.0 Å². The first kappa shape index (κ1) is 16.2. The molecular weight excluding hydrogens is 261 g/mol. The van der Waals surface area contributed by atoms with Gasteiger partial charge in [-0.1, -0.05) is 6.07 Å². The summed E-state index contributed by atoms with van der Waals surface area (Å²) in [5.74, 6) is -0.0526. The van der Waals surface area contributed by atoms with Crippen molar-refractivity contribution in [3.05, 3.63) is 30.1 Å². The van der Waals surface area contributed by atoms with Gasteiger partial charge in [-0.15, -0.1) is 5.10 Å². The predicted molar refractivity (Wildman–Crippen MR) is 66.5 cm³/mol. The van der Waals surface area contributed by atoms with Crippen molar-refractivity contribution in [1.29, 1.82) is 0 Å². The van der Waals surface area contributed by atoms with E-state index >= 15 is 0 Å². The highest BCUT2D eigenvalue weighted by atomic mass is 31.2. The number of aromatic nitrogens is 1. The molecule has 0 amide bonds. The first-order valence-corrected chi connectivity index (χ1v) is 6.08. The molecule has 9 nitrogen and oxygen atoms in total. The number of rotatable bonds is 2. The standard InChI is InChI=1S/C8H11N5.H3O4P/c1-6(12-13-8(9)10)7-3-2-4-11-5-7;1-5(2,3)4/h2-5H,1H3,(H4,9,10,13);(H3,1,2,3,4)/b12-6+;. The van der Waals surface area contributed by atoms with Crippen molar-refractivity contribution in [2.24, 2.45) is 21.7 Å². The summed E-state index contributed by atoms with van der Waals surface area (Å²) in [5.41, 5.74) is 11.9. The fourth-order valence-electron chi connectivity index (χ4n) is 0.767. The summed E-state index contributed by atoms with van der Waals surface area (Å²) in [5, 5.41) is 7.34. The Labute approximate surface area is 103 Å². The Bertz CT molecular complexity index is 457. The fourth-order valence-corrected chi connectivity index (χ4v) is 0.767. The van der Waals surface area contributed by atoms with E-state index in [9.17, 15) is 0 Å². The molecule has 10 heteroatoms. The first-order valence-electron chi connectivity index (χ1n) is 4.52. The van der Waals surface area contributed by atoms with E-state index in [4.69, 9.17) is 30.7 Å². The fraction of sp³-hybridized carbons (Fsp3) is 0.125. The Morgan fingerprint density at radius 3 is 2.28 bits per heavy atom. The van der Waals surface area contributed by atoms with Gasteiger partial charge in [0.15, 0.2) is 0 Å². The van der Waals surface area contributed by atoms with Crippen LogP contribution >= 0.6 is 7.82 Å². The zero-order chi connectivity index (χ0) is 14.2. The number of guanidine groups is 1. The Hall–Kier alpha value is -1.80. The van der Waals surface area contributed by atoms with E-state index in [-0.39, 0.29) is 5.96 Å². The van der Waals surface area contributed by atoms with Crippen LogP contribution in [0.3, 0.4) is 0 Å². The van der Waals surface area contributed by atoms with Gasteiger partial charge in [0.1, 0.15) is 0 Å². The van der Waals surface area contributed by atoms with E-state index in [0.717, 1.165) is 11.3 Å². The summed E-state index contributed by atoms with van der Waals surface area (Å²) in [6.07, 6.45) is 3.39. The quantitative estimate of drug-likeness (QED) is 0.203. The first-order chi connectivity index (χ1) is 8.20. The number of hydrogen-bond acceptors (Lipinski definition) is 4. The van der Waals surface area contributed by atoms with Crippen LogP contribution in [0.25, 0.3) is 0 Å². The average molecular weight is 275 g/mol. The molecule has 1 aromatic heterocycles. The molecule has 0 aliphatic heterocycles. The van der Waals surface area contributed by atoms with E-state index < -0.39 is 7.82 Å². The minimum absolute atomic E-state index is 0.0526. The smallest absolute Gasteiger partial charge is 0.369 e. The molecule has 0 atom stereocenters. The molecule has 0 saturated heterocycles. The second kappa shape index (κ2) is 7.51. The molecule has 0 saturated carbocycles. The molecule has 0 fully saturated rings. The molecule has 0 bridgehead atoms. The van der Waals surface area contributed by atoms with Gasteiger partial charge in [-0.25, -0.2) is 4.57 Å². The zero-order valence-electron chi connectivity index (χ0n) is 9.50. The van der Waals surface area contributed by atoms with Crippen LogP contribution in [-0.4, -0.2) is 31.3 Å². The monoisotopic (exact) mass is 275 g/mol. The lowest BCUT2D eigenvalue weighted by atomic mass is 10.2. The summed E-state index contributed by atoms with van der Waals surface area (Å²) in [4.78, 5) is 25.5. The van der Waals surface area contributed by atoms with Crippen molar-refractivity contribution in [1.82, 2.24) is 4.98 Å². The van der Waals surface area contributed by atoms with Gasteiger partial charge in [0.25, 0.3) is 0 Å². The van der Waals surface area contributed by atoms with Crippen LogP contribution in [-0.2, 0) is 4.57 Å². The minimum atomic E-state index is -4.64. The molecule has 100 valence electrons. The lowest BCUT2D eigenvalue weighted by Crippen LogP contribution is -2.22. The van der Waals surface area contributed by atoms with Crippen LogP contribution in [0.2, 0.25) is 0 Å². The normalized spacial score (nSPS) is 11.2. The maximum Gasteiger partial charge on any atom is 0.466 e. The molecule has 0 aliphatic carbocycles. The largest absolute Gasteiger partial charge is 0.466 e. The van der Waals surface area contributed by atoms with Gasteiger partial charge in [-0.2, -0.15) is 5.10 Å². The highest BCUT2D eigenvalue weighted by molar-refractivity contribution is 7.45. The lowest BCUT2D eigenvalue weighted by molar-refractivity contribution is 0.275. The number of phosphoric acid groups is 1. The van der Waals surface area contributed by atoms with Crippen LogP contribution in [0, 0.1) is 0 Å². The molecule has 0 spiro atoms. The van der Waals surface area contributed by atoms with E-state index in [0.29, 0.717) is 0 Å². The molecule has 0 aromatic carbocycles. The van der Waals surface area contributed by atoms with E-state index in [2.05, 4.69) is 15.2 Å². The Morgan fingerprint density at radius 2 is 1.89 bits per heavy atom. The van der Waals surface area contributed by atoms with Crippen molar-refractivity contribution in [3.8, 4) is 0 Å². The number of pyridine rings is 1. The molecule has 1 rings (SSSR count). The van der Waals surface area contributed by atoms with Crippen LogP contribution in [0.15, 0.2) is 34.7 Å². The third-order valence-electron chi connectivity index (χ3n) is 1.39. The molecule has 18 heavy (non-hydrogen) atoms. The van der Waals surface area contributed by atoms with Gasteiger partial charge in [0.05, 0.1) is 5.71 Å². The van der Waals surface area contributed by atoms with Gasteiger partial charge in [-0.05, 0) is 13.0 Å². The summed E-state index contributed by atoms with van der Waals surface area (Å²) in [7, 11) is -4.64. The third-order valence-corrected chi connectivity index (χ3v) is 1.39. The summed E-state index contributed by atoms with van der Waals surface area (Å²) < 4.78 is 8.88. The maximum atomic E-state index is 8.88. The van der Waals surface area contributed by atoms with E-state index in [1.165, 1.54) is 0 Å².